The van der Waals surface area contributed by atoms with Gasteiger partial charge in [0, 0.05) is 24.9 Å². The van der Waals surface area contributed by atoms with Crippen molar-refractivity contribution in [3.63, 3.8) is 0 Å². The second kappa shape index (κ2) is 8.26. The fourth-order valence-electron chi connectivity index (χ4n) is 6.96. The number of imide groups is 1. The molecule has 2 aromatic rings. The molecule has 7 rings (SSSR count). The first-order valence-electron chi connectivity index (χ1n) is 13.2. The lowest BCUT2D eigenvalue weighted by Gasteiger charge is -2.51. The van der Waals surface area contributed by atoms with Gasteiger partial charge < -0.3 is 36.4 Å². The van der Waals surface area contributed by atoms with Crippen LogP contribution in [0.2, 0.25) is 0 Å². The Morgan fingerprint density at radius 1 is 1.02 bits per heavy atom. The third-order valence-electron chi connectivity index (χ3n) is 8.83. The minimum absolute atomic E-state index is 0.0960. The summed E-state index contributed by atoms with van der Waals surface area (Å²) in [5.74, 6) is -4.23. The molecule has 4 aliphatic heterocycles. The Kier molecular flexibility index (Phi) is 5.07. The molecule has 4 atom stereocenters. The smallest absolute Gasteiger partial charge is 0.252 e. The Balaban J connectivity index is 1.19. The number of hydrogen-bond acceptors (Lipinski definition) is 7. The van der Waals surface area contributed by atoms with E-state index in [1.54, 1.807) is 12.1 Å². The van der Waals surface area contributed by atoms with Crippen LogP contribution in [-0.2, 0) is 16.0 Å². The SMILES string of the molecule is N=C1N[C@H]2[C@H](CN3C(=O)CCC3=O)NC(=N)N3C[C@H](NC(=O)c4cccc5c4Cc4ccccc4-5)C(O)(O)[C@]23N1. The highest BCUT2D eigenvalue weighted by Gasteiger charge is 2.74. The first-order chi connectivity index (χ1) is 19.1. The average Bonchev–Trinajstić information content (AvgIpc) is 3.63. The Bertz CT molecular complexity index is 1510. The van der Waals surface area contributed by atoms with Crippen molar-refractivity contribution in [2.45, 2.75) is 48.8 Å². The van der Waals surface area contributed by atoms with Crippen molar-refractivity contribution < 1.29 is 24.6 Å². The van der Waals surface area contributed by atoms with Crippen LogP contribution in [0.5, 0.6) is 0 Å². The largest absolute Gasteiger partial charge is 0.361 e. The third kappa shape index (κ3) is 3.18. The number of nitrogens with zero attached hydrogens (tertiary/aromatic N) is 2. The van der Waals surface area contributed by atoms with Crippen molar-refractivity contribution in [1.29, 1.82) is 10.8 Å². The number of aliphatic hydroxyl groups is 2. The van der Waals surface area contributed by atoms with E-state index >= 15 is 0 Å². The fourth-order valence-corrected chi connectivity index (χ4v) is 6.96. The van der Waals surface area contributed by atoms with Gasteiger partial charge in [-0.25, -0.2) is 0 Å². The molecule has 5 aliphatic rings. The lowest BCUT2D eigenvalue weighted by molar-refractivity contribution is -0.232. The molecule has 0 radical (unpaired) electrons. The summed E-state index contributed by atoms with van der Waals surface area (Å²) in [5.41, 5.74) is 2.58. The zero-order valence-corrected chi connectivity index (χ0v) is 21.3. The van der Waals surface area contributed by atoms with E-state index in [-0.39, 0.29) is 49.7 Å². The molecule has 4 heterocycles. The van der Waals surface area contributed by atoms with E-state index in [1.165, 1.54) is 4.90 Å². The number of benzene rings is 2. The summed E-state index contributed by atoms with van der Waals surface area (Å²) in [5, 5.41) is 51.8. The summed E-state index contributed by atoms with van der Waals surface area (Å²) in [6.45, 7) is -0.265. The zero-order valence-electron chi connectivity index (χ0n) is 21.3. The van der Waals surface area contributed by atoms with Crippen LogP contribution >= 0.6 is 0 Å². The Morgan fingerprint density at radius 2 is 1.75 bits per heavy atom. The molecule has 0 bridgehead atoms. The van der Waals surface area contributed by atoms with E-state index in [0.29, 0.717) is 12.0 Å². The van der Waals surface area contributed by atoms with Gasteiger partial charge in [0.25, 0.3) is 5.91 Å². The van der Waals surface area contributed by atoms with Gasteiger partial charge in [0.15, 0.2) is 17.6 Å². The van der Waals surface area contributed by atoms with Crippen LogP contribution < -0.4 is 21.3 Å². The van der Waals surface area contributed by atoms with Gasteiger partial charge in [-0.05, 0) is 34.7 Å². The van der Waals surface area contributed by atoms with Crippen molar-refractivity contribution in [3.8, 4) is 11.1 Å². The van der Waals surface area contributed by atoms with Crippen molar-refractivity contribution >= 4 is 29.6 Å². The summed E-state index contributed by atoms with van der Waals surface area (Å²) in [7, 11) is 0. The minimum atomic E-state index is -2.66. The molecule has 0 unspecified atom stereocenters. The summed E-state index contributed by atoms with van der Waals surface area (Å²) in [6.07, 6.45) is 0.769. The van der Waals surface area contributed by atoms with Gasteiger partial charge in [0.2, 0.25) is 17.6 Å². The second-order valence-corrected chi connectivity index (χ2v) is 10.9. The van der Waals surface area contributed by atoms with E-state index < -0.39 is 35.5 Å². The predicted molar refractivity (Wildman–Crippen MR) is 141 cm³/mol. The highest BCUT2D eigenvalue weighted by molar-refractivity contribution is 6.02. The van der Waals surface area contributed by atoms with Gasteiger partial charge in [0.1, 0.15) is 6.04 Å². The summed E-state index contributed by atoms with van der Waals surface area (Å²) in [6, 6.07) is 10.4. The Morgan fingerprint density at radius 3 is 2.52 bits per heavy atom. The molecule has 4 saturated heterocycles. The van der Waals surface area contributed by atoms with Crippen molar-refractivity contribution in [1.82, 2.24) is 31.1 Å². The quantitative estimate of drug-likeness (QED) is 0.144. The molecule has 1 spiro atoms. The summed E-state index contributed by atoms with van der Waals surface area (Å²) in [4.78, 5) is 40.7. The first kappa shape index (κ1) is 24.5. The van der Waals surface area contributed by atoms with Crippen LogP contribution in [0.25, 0.3) is 11.1 Å². The lowest BCUT2D eigenvalue weighted by atomic mass is 9.84. The maximum atomic E-state index is 13.6. The molecule has 3 amide bonds. The zero-order chi connectivity index (χ0) is 28.0. The Hall–Kier alpha value is -4.49. The fraction of sp³-hybridized carbons (Fsp3) is 0.370. The lowest BCUT2D eigenvalue weighted by Crippen LogP contribution is -2.81. The number of fused-ring (bicyclic) bond motifs is 3. The van der Waals surface area contributed by atoms with Gasteiger partial charge in [-0.15, -0.1) is 0 Å². The molecule has 40 heavy (non-hydrogen) atoms. The molecule has 1 aliphatic carbocycles. The van der Waals surface area contributed by atoms with Crippen LogP contribution in [0.15, 0.2) is 42.5 Å². The summed E-state index contributed by atoms with van der Waals surface area (Å²) >= 11 is 0. The third-order valence-corrected chi connectivity index (χ3v) is 8.83. The summed E-state index contributed by atoms with van der Waals surface area (Å²) < 4.78 is 0. The molecule has 0 saturated carbocycles. The van der Waals surface area contributed by atoms with Gasteiger partial charge in [-0.3, -0.25) is 30.1 Å². The van der Waals surface area contributed by atoms with Crippen LogP contribution in [0, 0.1) is 10.8 Å². The van der Waals surface area contributed by atoms with Gasteiger partial charge in [-0.1, -0.05) is 36.4 Å². The number of amides is 3. The molecular formula is C27H28N8O5. The normalized spacial score (nSPS) is 29.3. The average molecular weight is 545 g/mol. The first-order valence-corrected chi connectivity index (χ1v) is 13.2. The van der Waals surface area contributed by atoms with Crippen LogP contribution in [0.1, 0.15) is 34.3 Å². The highest BCUT2D eigenvalue weighted by atomic mass is 16.5. The van der Waals surface area contributed by atoms with Crippen LogP contribution in [0.3, 0.4) is 0 Å². The molecule has 206 valence electrons. The maximum Gasteiger partial charge on any atom is 0.252 e. The minimum Gasteiger partial charge on any atom is -0.361 e. The molecular weight excluding hydrogens is 516 g/mol. The standard InChI is InChI=1S/C27H28N8O5/c28-24-32-22-18(11-34-20(36)8-9-21(34)37)30-25(29)35-12-19(27(39,40)26(22,35)33-24)31-23(38)16-7-3-6-15-14-5-2-1-4-13(14)10-17(15)16/h1-7,18-19,22,39-40H,8-12H2,(H2,29,30)(H,31,38)(H3,28,32,33)/t18-,19-,22-,26-/m0/s1. The molecule has 0 aromatic heterocycles. The van der Waals surface area contributed by atoms with E-state index in [9.17, 15) is 24.6 Å². The predicted octanol–water partition coefficient (Wildman–Crippen LogP) is -1.40. The molecule has 2 aromatic carbocycles. The van der Waals surface area contributed by atoms with Gasteiger partial charge in [0.05, 0.1) is 18.6 Å². The molecule has 13 nitrogen and oxygen atoms in total. The van der Waals surface area contributed by atoms with Crippen molar-refractivity contribution in [3.05, 3.63) is 59.2 Å². The number of guanidine groups is 2. The monoisotopic (exact) mass is 544 g/mol. The second-order valence-electron chi connectivity index (χ2n) is 10.9. The number of likely N-dealkylation sites (tertiary alicyclic amines) is 1. The van der Waals surface area contributed by atoms with E-state index in [2.05, 4.69) is 21.3 Å². The van der Waals surface area contributed by atoms with E-state index in [0.717, 1.165) is 27.2 Å². The van der Waals surface area contributed by atoms with Crippen LogP contribution in [0.4, 0.5) is 0 Å². The van der Waals surface area contributed by atoms with Crippen molar-refractivity contribution in [2.75, 3.05) is 13.1 Å². The topological polar surface area (TPSA) is 194 Å². The van der Waals surface area contributed by atoms with Gasteiger partial charge >= 0.3 is 0 Å². The van der Waals surface area contributed by atoms with Crippen molar-refractivity contribution in [2.24, 2.45) is 0 Å². The number of rotatable bonds is 4. The maximum absolute atomic E-state index is 13.6. The number of carbonyl (C=O) groups is 3. The molecule has 13 heteroatoms. The van der Waals surface area contributed by atoms with E-state index in [1.807, 2.05) is 30.3 Å². The highest BCUT2D eigenvalue weighted by Crippen LogP contribution is 2.44. The Labute approximate surface area is 228 Å². The van der Waals surface area contributed by atoms with Crippen LogP contribution in [-0.4, -0.2) is 92.3 Å². The molecule has 8 N–H and O–H groups in total. The number of carbonyl (C=O) groups excluding carboxylic acids is 3. The van der Waals surface area contributed by atoms with Gasteiger partial charge in [-0.2, -0.15) is 0 Å². The number of hydrogen-bond donors (Lipinski definition) is 8. The number of nitrogens with one attached hydrogen (secondary N) is 6. The van der Waals surface area contributed by atoms with E-state index in [4.69, 9.17) is 10.8 Å². The molecule has 4 fully saturated rings.